The number of hydrogen-bond acceptors (Lipinski definition) is 0. The summed E-state index contributed by atoms with van der Waals surface area (Å²) in [4.78, 5) is 0. The van der Waals surface area contributed by atoms with Crippen LogP contribution in [0, 0.1) is 0 Å². The Balaban J connectivity index is 2.98. The Morgan fingerprint density at radius 1 is 1.22 bits per heavy atom. The minimum atomic E-state index is -0.676. The van der Waals surface area contributed by atoms with Crippen molar-refractivity contribution in [2.45, 2.75) is 5.76 Å². The van der Waals surface area contributed by atoms with Gasteiger partial charge in [0.1, 0.15) is 0 Å². The van der Waals surface area contributed by atoms with Crippen molar-refractivity contribution in [1.29, 1.82) is 0 Å². The van der Waals surface area contributed by atoms with Gasteiger partial charge in [-0.25, -0.2) is 0 Å². The predicted octanol–water partition coefficient (Wildman–Crippen LogP) is 1.06. The molecule has 0 radical (unpaired) electrons. The van der Waals surface area contributed by atoms with Gasteiger partial charge in [0, 0.05) is 0 Å². The molecule has 0 saturated carbocycles. The molecule has 0 spiro atoms. The average molecular weight is 256 g/mol. The van der Waals surface area contributed by atoms with Crippen LogP contribution in [-0.2, 0) is 21.6 Å². The molecule has 0 fully saturated rings. The van der Waals surface area contributed by atoms with Gasteiger partial charge in [-0.3, -0.25) is 0 Å². The van der Waals surface area contributed by atoms with Crippen LogP contribution in [0.2, 0.25) is 5.76 Å². The van der Waals surface area contributed by atoms with Crippen molar-refractivity contribution in [3.05, 3.63) is 30.3 Å². The quantitative estimate of drug-likeness (QED) is 0.659. The number of benzene rings is 1. The van der Waals surface area contributed by atoms with Gasteiger partial charge in [-0.05, 0) is 0 Å². The number of rotatable bonds is 1. The molecule has 0 aliphatic heterocycles. The zero-order chi connectivity index (χ0) is 6.69. The molecule has 1 aromatic rings. The Morgan fingerprint density at radius 2 is 1.78 bits per heavy atom. The van der Waals surface area contributed by atoms with E-state index in [2.05, 4.69) is 36.1 Å². The van der Waals surface area contributed by atoms with Crippen LogP contribution < -0.4 is 4.40 Å². The first-order valence-corrected chi connectivity index (χ1v) is 13.5. The summed E-state index contributed by atoms with van der Waals surface area (Å²) in [5.41, 5.74) is 0. The summed E-state index contributed by atoms with van der Waals surface area (Å²) in [5.74, 6) is 2.41. The van der Waals surface area contributed by atoms with Crippen LogP contribution in [0.25, 0.3) is 0 Å². The van der Waals surface area contributed by atoms with Gasteiger partial charge in [-0.15, -0.1) is 0 Å². The third kappa shape index (κ3) is 2.39. The van der Waals surface area contributed by atoms with Gasteiger partial charge in [0.15, 0.2) is 0 Å². The molecule has 0 bridgehead atoms. The van der Waals surface area contributed by atoms with Crippen LogP contribution in [0.1, 0.15) is 0 Å². The molecule has 0 nitrogen and oxygen atoms in total. The fourth-order valence-electron chi connectivity index (χ4n) is 0.688. The predicted molar refractivity (Wildman–Crippen MR) is 37.7 cm³/mol. The minimum absolute atomic E-state index is 0.676. The van der Waals surface area contributed by atoms with E-state index in [-0.39, 0.29) is 0 Å². The van der Waals surface area contributed by atoms with Gasteiger partial charge in [0.2, 0.25) is 0 Å². The van der Waals surface area contributed by atoms with E-state index in [9.17, 15) is 0 Å². The van der Waals surface area contributed by atoms with E-state index in [0.717, 1.165) is 0 Å². The van der Waals surface area contributed by atoms with Gasteiger partial charge in [0.05, 0.1) is 0 Å². The Morgan fingerprint density at radius 3 is 2.11 bits per heavy atom. The molecule has 0 heterocycles. The Bertz CT molecular complexity index is 205. The number of hydrogen-bond donors (Lipinski definition) is 0. The molecule has 1 rings (SSSR count). The van der Waals surface area contributed by atoms with Crippen molar-refractivity contribution in [3.63, 3.8) is 0 Å². The van der Waals surface area contributed by atoms with Crippen LogP contribution in [0.4, 0.5) is 0 Å². The Kier molecular flexibility index (Phi) is 3.21. The van der Waals surface area contributed by atoms with Crippen LogP contribution in [-0.4, -0.2) is 9.98 Å². The summed E-state index contributed by atoms with van der Waals surface area (Å²) in [6, 6.07) is 10.9. The first-order chi connectivity index (χ1) is 4.30. The molecule has 1 aromatic carbocycles. The summed E-state index contributed by atoms with van der Waals surface area (Å²) in [5, 5.41) is 0. The van der Waals surface area contributed by atoms with E-state index in [1.54, 1.807) is 26.0 Å². The third-order valence-corrected chi connectivity index (χ3v) is 7.41. The maximum absolute atomic E-state index is 2.41. The van der Waals surface area contributed by atoms with Gasteiger partial charge in [-0.2, -0.15) is 0 Å². The molecule has 0 unspecified atom stereocenters. The van der Waals surface area contributed by atoms with Crippen LogP contribution in [0.5, 0.6) is 0 Å². The molecular weight excluding hydrogens is 248 g/mol. The van der Waals surface area contributed by atoms with Crippen molar-refractivity contribution in [2.24, 2.45) is 0 Å². The normalized spacial score (nSPS) is 8.89. The fraction of sp³-hybridized carbons (Fsp3) is 0.143. The Labute approximate surface area is 71.6 Å². The monoisotopic (exact) mass is 256 g/mol. The van der Waals surface area contributed by atoms with E-state index < -0.39 is 9.98 Å². The summed E-state index contributed by atoms with van der Waals surface area (Å²) >= 11 is 1.76. The van der Waals surface area contributed by atoms with Gasteiger partial charge in [-0.1, -0.05) is 0 Å². The topological polar surface area (TPSA) is 0 Å². The average Bonchev–Trinajstić information content (AvgIpc) is 1.90. The van der Waals surface area contributed by atoms with Crippen LogP contribution in [0.3, 0.4) is 0 Å². The molecule has 0 aromatic heterocycles. The van der Waals surface area contributed by atoms with E-state index in [1.807, 2.05) is 0 Å². The molecule has 0 aliphatic carbocycles. The van der Waals surface area contributed by atoms with Gasteiger partial charge >= 0.3 is 72.1 Å². The summed E-state index contributed by atoms with van der Waals surface area (Å²) in [7, 11) is -0.676. The molecule has 0 amide bonds. The van der Waals surface area contributed by atoms with Crippen LogP contribution >= 0.6 is 0 Å². The fourth-order valence-corrected chi connectivity index (χ4v) is 4.27. The van der Waals surface area contributed by atoms with Crippen molar-refractivity contribution in [2.75, 3.05) is 0 Å². The molecule has 0 N–H and O–H groups in total. The Hall–Kier alpha value is 0.646. The van der Waals surface area contributed by atoms with Gasteiger partial charge in [0.25, 0.3) is 0 Å². The molecule has 0 atom stereocenters. The molecule has 0 aliphatic rings. The molecule has 2 heteroatoms. The zero-order valence-corrected chi connectivity index (χ0v) is 9.94. The second-order valence-corrected chi connectivity index (χ2v) is 15.4. The zero-order valence-electron chi connectivity index (χ0n) is 5.39. The SMILES string of the molecule is [CH3][Ge](=[Zr])[c]1ccccc1. The second-order valence-electron chi connectivity index (χ2n) is 1.99. The van der Waals surface area contributed by atoms with E-state index in [4.69, 9.17) is 0 Å². The molecule has 9 heavy (non-hydrogen) atoms. The summed E-state index contributed by atoms with van der Waals surface area (Å²) < 4.78 is 1.62. The molecule has 0 saturated heterocycles. The third-order valence-electron chi connectivity index (χ3n) is 1.21. The first-order valence-electron chi connectivity index (χ1n) is 2.91. The maximum atomic E-state index is 2.41. The van der Waals surface area contributed by atoms with Gasteiger partial charge < -0.3 is 0 Å². The van der Waals surface area contributed by atoms with E-state index in [0.29, 0.717) is 0 Å². The molecular formula is C7H8GeZr. The van der Waals surface area contributed by atoms with Crippen molar-refractivity contribution in [1.82, 2.24) is 0 Å². The van der Waals surface area contributed by atoms with E-state index in [1.165, 1.54) is 0 Å². The van der Waals surface area contributed by atoms with Crippen molar-refractivity contribution in [3.8, 4) is 0 Å². The second kappa shape index (κ2) is 3.73. The summed E-state index contributed by atoms with van der Waals surface area (Å²) in [6.45, 7) is 0. The first kappa shape index (κ1) is 7.75. The van der Waals surface area contributed by atoms with Crippen LogP contribution in [0.15, 0.2) is 30.3 Å². The van der Waals surface area contributed by atoms with Crippen molar-refractivity contribution < 1.29 is 21.6 Å². The van der Waals surface area contributed by atoms with Crippen molar-refractivity contribution >= 4 is 14.4 Å². The molecule has 44 valence electrons. The standard InChI is InChI=1S/C7H8Ge.Zr/c1-8-7-5-3-2-4-6-7;/h2-6H,1H3;. The summed E-state index contributed by atoms with van der Waals surface area (Å²) in [6.07, 6.45) is 0. The van der Waals surface area contributed by atoms with E-state index >= 15 is 0 Å².